The van der Waals surface area contributed by atoms with Crippen molar-refractivity contribution >= 4 is 33.4 Å². The molecule has 0 heterocycles. The van der Waals surface area contributed by atoms with Crippen molar-refractivity contribution < 1.29 is 22.0 Å². The lowest BCUT2D eigenvalue weighted by Gasteiger charge is -2.10. The number of thioether (sulfide) groups is 1. The predicted octanol–water partition coefficient (Wildman–Crippen LogP) is 4.77. The molecule has 0 saturated heterocycles. The van der Waals surface area contributed by atoms with Crippen LogP contribution in [-0.4, -0.2) is 26.6 Å². The average Bonchev–Trinajstić information content (AvgIpc) is 2.75. The molecule has 1 amide bonds. The molecule has 0 aliphatic rings. The van der Waals surface area contributed by atoms with Gasteiger partial charge in [-0.15, -0.1) is 0 Å². The first-order chi connectivity index (χ1) is 14.8. The third-order valence-corrected chi connectivity index (χ3v) is 6.42. The molecule has 3 rings (SSSR count). The van der Waals surface area contributed by atoms with E-state index in [1.807, 2.05) is 30.3 Å². The summed E-state index contributed by atoms with van der Waals surface area (Å²) in [4.78, 5) is 12.6. The molecule has 162 valence electrons. The number of carbonyl (C=O) groups is 1. The van der Waals surface area contributed by atoms with Crippen molar-refractivity contribution in [2.24, 2.45) is 0 Å². The van der Waals surface area contributed by atoms with Crippen LogP contribution in [0.5, 0.6) is 0 Å². The van der Waals surface area contributed by atoms with Crippen LogP contribution in [0.4, 0.5) is 14.5 Å². The van der Waals surface area contributed by atoms with Crippen molar-refractivity contribution in [2.75, 3.05) is 11.3 Å². The molecule has 0 aliphatic heterocycles. The van der Waals surface area contributed by atoms with E-state index in [9.17, 15) is 22.0 Å². The molecule has 0 aromatic heterocycles. The summed E-state index contributed by atoms with van der Waals surface area (Å²) in [6.45, 7) is 0.463. The molecule has 3 aromatic rings. The summed E-state index contributed by atoms with van der Waals surface area (Å²) in [7, 11) is -3.88. The summed E-state index contributed by atoms with van der Waals surface area (Å²) < 4.78 is 52.2. The van der Waals surface area contributed by atoms with Crippen LogP contribution < -0.4 is 10.0 Å². The van der Waals surface area contributed by atoms with Gasteiger partial charge in [0.25, 0.3) is 21.7 Å². The third-order valence-electron chi connectivity index (χ3n) is 4.30. The topological polar surface area (TPSA) is 75.3 Å². The molecular weight excluding hydrogens is 442 g/mol. The zero-order valence-corrected chi connectivity index (χ0v) is 17.9. The maximum atomic E-state index is 12.5. The number of rotatable bonds is 9. The molecule has 0 atom stereocenters. The number of alkyl halides is 2. The van der Waals surface area contributed by atoms with Gasteiger partial charge in [-0.2, -0.15) is 8.78 Å². The molecule has 31 heavy (non-hydrogen) atoms. The van der Waals surface area contributed by atoms with E-state index in [4.69, 9.17) is 0 Å². The van der Waals surface area contributed by atoms with Gasteiger partial charge in [-0.1, -0.05) is 42.1 Å². The number of anilines is 1. The highest BCUT2D eigenvalue weighted by Crippen LogP contribution is 2.27. The standard InChI is InChI=1S/C22H20F2N2O3S2/c23-22(24)30-19-10-8-18(9-11-19)26-31(28,29)20-12-6-17(7-13-20)21(27)25-15-14-16-4-2-1-3-5-16/h1-13,22,26H,14-15H2,(H,25,27). The van der Waals surface area contributed by atoms with Crippen LogP contribution in [-0.2, 0) is 16.4 Å². The van der Waals surface area contributed by atoms with Crippen LogP contribution in [0.25, 0.3) is 0 Å². The van der Waals surface area contributed by atoms with E-state index < -0.39 is 15.8 Å². The Labute approximate surface area is 183 Å². The molecule has 0 fully saturated rings. The highest BCUT2D eigenvalue weighted by molar-refractivity contribution is 7.99. The minimum absolute atomic E-state index is 0.0145. The van der Waals surface area contributed by atoms with Crippen molar-refractivity contribution in [1.29, 1.82) is 0 Å². The Kier molecular flexibility index (Phi) is 7.64. The van der Waals surface area contributed by atoms with Gasteiger partial charge in [0.2, 0.25) is 0 Å². The highest BCUT2D eigenvalue weighted by Gasteiger charge is 2.15. The van der Waals surface area contributed by atoms with E-state index in [0.717, 1.165) is 5.56 Å². The van der Waals surface area contributed by atoms with Crippen LogP contribution in [0.3, 0.4) is 0 Å². The number of halogens is 2. The zero-order valence-electron chi connectivity index (χ0n) is 16.3. The second-order valence-electron chi connectivity index (χ2n) is 6.52. The van der Waals surface area contributed by atoms with Gasteiger partial charge in [-0.3, -0.25) is 9.52 Å². The Morgan fingerprint density at radius 3 is 2.16 bits per heavy atom. The lowest BCUT2D eigenvalue weighted by Crippen LogP contribution is -2.25. The summed E-state index contributed by atoms with van der Waals surface area (Å²) in [6.07, 6.45) is 0.692. The van der Waals surface area contributed by atoms with Crippen molar-refractivity contribution in [2.45, 2.75) is 22.0 Å². The molecule has 2 N–H and O–H groups in total. The minimum atomic E-state index is -3.88. The summed E-state index contributed by atoms with van der Waals surface area (Å²) in [5, 5.41) is 2.80. The van der Waals surface area contributed by atoms with Gasteiger partial charge in [-0.25, -0.2) is 8.42 Å². The van der Waals surface area contributed by atoms with Gasteiger partial charge in [0.1, 0.15) is 0 Å². The Morgan fingerprint density at radius 1 is 0.903 bits per heavy atom. The van der Waals surface area contributed by atoms with E-state index in [-0.39, 0.29) is 16.5 Å². The second-order valence-corrected chi connectivity index (χ2v) is 9.27. The largest absolute Gasteiger partial charge is 0.352 e. The zero-order chi connectivity index (χ0) is 22.3. The Balaban J connectivity index is 1.58. The molecule has 0 radical (unpaired) electrons. The van der Waals surface area contributed by atoms with Crippen molar-refractivity contribution in [3.8, 4) is 0 Å². The molecule has 0 bridgehead atoms. The number of carbonyl (C=O) groups excluding carboxylic acids is 1. The molecular formula is C22H20F2N2O3S2. The van der Waals surface area contributed by atoms with Crippen LogP contribution >= 0.6 is 11.8 Å². The number of sulfonamides is 1. The maximum absolute atomic E-state index is 12.5. The van der Waals surface area contributed by atoms with Gasteiger partial charge in [0.05, 0.1) is 4.90 Å². The van der Waals surface area contributed by atoms with Crippen molar-refractivity contribution in [3.63, 3.8) is 0 Å². The number of nitrogens with one attached hydrogen (secondary N) is 2. The Hall–Kier alpha value is -2.91. The van der Waals surface area contributed by atoms with E-state index in [1.165, 1.54) is 48.5 Å². The van der Waals surface area contributed by atoms with E-state index in [0.29, 0.717) is 35.2 Å². The van der Waals surface area contributed by atoms with Crippen LogP contribution in [0, 0.1) is 0 Å². The summed E-state index contributed by atoms with van der Waals surface area (Å²) >= 11 is 0.382. The van der Waals surface area contributed by atoms with Crippen molar-refractivity contribution in [3.05, 3.63) is 90.0 Å². The highest BCUT2D eigenvalue weighted by atomic mass is 32.2. The van der Waals surface area contributed by atoms with Crippen molar-refractivity contribution in [1.82, 2.24) is 5.32 Å². The van der Waals surface area contributed by atoms with Gasteiger partial charge in [0, 0.05) is 22.7 Å². The predicted molar refractivity (Wildman–Crippen MR) is 118 cm³/mol. The Morgan fingerprint density at radius 2 is 1.55 bits per heavy atom. The molecule has 3 aromatic carbocycles. The fourth-order valence-corrected chi connectivity index (χ4v) is 4.33. The lowest BCUT2D eigenvalue weighted by molar-refractivity contribution is 0.0954. The van der Waals surface area contributed by atoms with E-state index in [1.54, 1.807) is 0 Å². The fraction of sp³-hybridized carbons (Fsp3) is 0.136. The Bertz CT molecular complexity index is 1110. The smallest absolute Gasteiger partial charge is 0.288 e. The molecule has 9 heteroatoms. The quantitative estimate of drug-likeness (QED) is 0.449. The molecule has 0 aliphatic carbocycles. The monoisotopic (exact) mass is 462 g/mol. The normalized spacial score (nSPS) is 11.3. The van der Waals surface area contributed by atoms with E-state index >= 15 is 0 Å². The third kappa shape index (κ3) is 6.80. The number of hydrogen-bond acceptors (Lipinski definition) is 4. The molecule has 0 unspecified atom stereocenters. The molecule has 5 nitrogen and oxygen atoms in total. The summed E-state index contributed by atoms with van der Waals surface area (Å²) in [5.41, 5.74) is 1.71. The van der Waals surface area contributed by atoms with Gasteiger partial charge in [-0.05, 0) is 60.5 Å². The first-order valence-corrected chi connectivity index (χ1v) is 11.7. The molecule has 0 saturated carbocycles. The first kappa shape index (κ1) is 22.8. The number of amides is 1. The van der Waals surface area contributed by atoms with E-state index in [2.05, 4.69) is 10.0 Å². The van der Waals surface area contributed by atoms with Gasteiger partial charge < -0.3 is 5.32 Å². The summed E-state index contributed by atoms with van der Waals surface area (Å²) in [5.74, 6) is -2.84. The SMILES string of the molecule is O=C(NCCc1ccccc1)c1ccc(S(=O)(=O)Nc2ccc(SC(F)F)cc2)cc1. The van der Waals surface area contributed by atoms with Gasteiger partial charge >= 0.3 is 0 Å². The average molecular weight is 463 g/mol. The minimum Gasteiger partial charge on any atom is -0.352 e. The number of benzene rings is 3. The second kappa shape index (κ2) is 10.4. The van der Waals surface area contributed by atoms with Crippen LogP contribution in [0.2, 0.25) is 0 Å². The van der Waals surface area contributed by atoms with Crippen LogP contribution in [0.1, 0.15) is 15.9 Å². The fourth-order valence-electron chi connectivity index (χ4n) is 2.77. The molecule has 0 spiro atoms. The maximum Gasteiger partial charge on any atom is 0.288 e. The number of hydrogen-bond donors (Lipinski definition) is 2. The lowest BCUT2D eigenvalue weighted by atomic mass is 10.1. The summed E-state index contributed by atoms with van der Waals surface area (Å²) in [6, 6.07) is 21.0. The van der Waals surface area contributed by atoms with Crippen LogP contribution in [0.15, 0.2) is 88.7 Å². The first-order valence-electron chi connectivity index (χ1n) is 9.33. The van der Waals surface area contributed by atoms with Gasteiger partial charge in [0.15, 0.2) is 0 Å².